The minimum absolute atomic E-state index is 0.0285. The van der Waals surface area contributed by atoms with Crippen LogP contribution < -0.4 is 4.90 Å². The molecule has 0 saturated carbocycles. The summed E-state index contributed by atoms with van der Waals surface area (Å²) in [4.78, 5) is 8.82. The Morgan fingerprint density at radius 1 is 1.43 bits per heavy atom. The van der Waals surface area contributed by atoms with Gasteiger partial charge in [0.15, 0.2) is 20.0 Å². The van der Waals surface area contributed by atoms with Crippen LogP contribution in [0.3, 0.4) is 0 Å². The Balaban J connectivity index is 2.61. The molecule has 0 amide bonds. The van der Waals surface area contributed by atoms with Crippen LogP contribution in [-0.4, -0.2) is 33.5 Å². The molecular weight excluding hydrogens is 333 g/mol. The van der Waals surface area contributed by atoms with E-state index in [4.69, 9.17) is 22.6 Å². The van der Waals surface area contributed by atoms with Crippen LogP contribution in [0.5, 0.6) is 0 Å². The minimum Gasteiger partial charge on any atom is -0.417 e. The third-order valence-electron chi connectivity index (χ3n) is 4.28. The van der Waals surface area contributed by atoms with Gasteiger partial charge < -0.3 is 9.33 Å². The Hall–Kier alpha value is -1.16. The second-order valence-corrected chi connectivity index (χ2v) is 12.3. The van der Waals surface area contributed by atoms with Gasteiger partial charge in [-0.3, -0.25) is 0 Å². The van der Waals surface area contributed by atoms with Gasteiger partial charge in [0.25, 0.3) is 0 Å². The first kappa shape index (κ1) is 19.9. The number of hydrogen-bond acceptors (Lipinski definition) is 3. The van der Waals surface area contributed by atoms with Crippen LogP contribution in [0.25, 0.3) is 4.85 Å². The summed E-state index contributed by atoms with van der Waals surface area (Å²) in [5, 5.41) is 0.205. The molecule has 7 heteroatoms. The Morgan fingerprint density at radius 3 is 2.57 bits per heavy atom. The molecule has 1 rings (SSSR count). The maximum absolute atomic E-state index is 14.0. The summed E-state index contributed by atoms with van der Waals surface area (Å²) in [6.07, 6.45) is 0.770. The molecule has 1 heterocycles. The molecule has 0 aromatic carbocycles. The molecule has 128 valence electrons. The zero-order valence-electron chi connectivity index (χ0n) is 14.7. The molecule has 0 aliphatic carbocycles. The molecule has 0 radical (unpaired) electrons. The summed E-state index contributed by atoms with van der Waals surface area (Å²) in [5.41, 5.74) is 0.0302. The smallest absolute Gasteiger partial charge is 0.226 e. The lowest BCUT2D eigenvalue weighted by atomic mass is 10.2. The second-order valence-electron chi connectivity index (χ2n) is 7.10. The Labute approximate surface area is 144 Å². The van der Waals surface area contributed by atoms with E-state index in [1.807, 2.05) is 0 Å². The van der Waals surface area contributed by atoms with Crippen molar-refractivity contribution in [1.29, 1.82) is 0 Å². The maximum Gasteiger partial charge on any atom is 0.226 e. The van der Waals surface area contributed by atoms with Gasteiger partial charge in [0.1, 0.15) is 5.15 Å². The van der Waals surface area contributed by atoms with Crippen LogP contribution in [0, 0.1) is 12.4 Å². The fourth-order valence-corrected chi connectivity index (χ4v) is 3.01. The van der Waals surface area contributed by atoms with E-state index >= 15 is 0 Å². The van der Waals surface area contributed by atoms with E-state index in [2.05, 4.69) is 43.7 Å². The highest BCUT2D eigenvalue weighted by molar-refractivity contribution is 6.74. The number of rotatable bonds is 6. The highest BCUT2D eigenvalue weighted by atomic mass is 35.5. The van der Waals surface area contributed by atoms with E-state index in [9.17, 15) is 4.39 Å². The van der Waals surface area contributed by atoms with Gasteiger partial charge in [-0.05, 0) is 30.6 Å². The summed E-state index contributed by atoms with van der Waals surface area (Å²) >= 11 is 5.88. The van der Waals surface area contributed by atoms with Crippen LogP contribution in [-0.2, 0) is 4.43 Å². The average Bonchev–Trinajstić information content (AvgIpc) is 2.44. The summed E-state index contributed by atoms with van der Waals surface area (Å²) < 4.78 is 20.1. The average molecular weight is 358 g/mol. The third kappa shape index (κ3) is 5.16. The standard InChI is InChI=1S/C16H25ClFN3OSi/c1-16(2,3)23(6,7)22-10-8-9-21(5)15-12(18)11-13(19-4)14(17)20-15/h11H,8-10H2,1-3,5-7H3. The number of aromatic nitrogens is 1. The summed E-state index contributed by atoms with van der Waals surface area (Å²) in [7, 11) is 0.00455. The molecule has 0 N–H and O–H groups in total. The molecule has 1 aromatic heterocycles. The van der Waals surface area contributed by atoms with Crippen LogP contribution in [0.4, 0.5) is 15.9 Å². The van der Waals surface area contributed by atoms with Crippen molar-refractivity contribution in [2.24, 2.45) is 0 Å². The predicted octanol–water partition coefficient (Wildman–Crippen LogP) is 5.27. The van der Waals surface area contributed by atoms with Gasteiger partial charge in [0.05, 0.1) is 6.57 Å². The van der Waals surface area contributed by atoms with Gasteiger partial charge >= 0.3 is 0 Å². The van der Waals surface area contributed by atoms with Gasteiger partial charge in [0.2, 0.25) is 5.69 Å². The van der Waals surface area contributed by atoms with Gasteiger partial charge in [-0.15, -0.1) is 0 Å². The van der Waals surface area contributed by atoms with Crippen molar-refractivity contribution in [2.45, 2.75) is 45.3 Å². The van der Waals surface area contributed by atoms with Crippen molar-refractivity contribution >= 4 is 31.4 Å². The number of halogens is 2. The van der Waals surface area contributed by atoms with Crippen molar-refractivity contribution in [1.82, 2.24) is 4.98 Å². The van der Waals surface area contributed by atoms with E-state index in [0.717, 1.165) is 12.5 Å². The first-order chi connectivity index (χ1) is 10.5. The van der Waals surface area contributed by atoms with E-state index < -0.39 is 14.1 Å². The zero-order valence-corrected chi connectivity index (χ0v) is 16.5. The van der Waals surface area contributed by atoms with E-state index in [0.29, 0.717) is 13.2 Å². The Bertz CT molecular complexity index is 596. The first-order valence-corrected chi connectivity index (χ1v) is 10.9. The van der Waals surface area contributed by atoms with E-state index in [-0.39, 0.29) is 21.7 Å². The molecular formula is C16H25ClFN3OSi. The molecule has 0 bridgehead atoms. The van der Waals surface area contributed by atoms with Gasteiger partial charge in [-0.1, -0.05) is 32.4 Å². The molecule has 0 saturated heterocycles. The highest BCUT2D eigenvalue weighted by Crippen LogP contribution is 2.36. The van der Waals surface area contributed by atoms with Crippen molar-refractivity contribution in [3.63, 3.8) is 0 Å². The van der Waals surface area contributed by atoms with E-state index in [1.165, 1.54) is 0 Å². The molecule has 23 heavy (non-hydrogen) atoms. The lowest BCUT2D eigenvalue weighted by Gasteiger charge is -2.36. The second kappa shape index (κ2) is 7.60. The quantitative estimate of drug-likeness (QED) is 0.300. The predicted molar refractivity (Wildman–Crippen MR) is 96.5 cm³/mol. The van der Waals surface area contributed by atoms with Crippen LogP contribution >= 0.6 is 11.6 Å². The van der Waals surface area contributed by atoms with Crippen molar-refractivity contribution < 1.29 is 8.82 Å². The number of nitrogens with zero attached hydrogens (tertiary/aromatic N) is 3. The molecule has 0 aliphatic heterocycles. The topological polar surface area (TPSA) is 29.7 Å². The Morgan fingerprint density at radius 2 is 2.04 bits per heavy atom. The van der Waals surface area contributed by atoms with Crippen molar-refractivity contribution in [2.75, 3.05) is 25.1 Å². The minimum atomic E-state index is -1.75. The van der Waals surface area contributed by atoms with Gasteiger partial charge in [0, 0.05) is 20.2 Å². The Kier molecular flexibility index (Phi) is 6.57. The lowest BCUT2D eigenvalue weighted by Crippen LogP contribution is -2.41. The lowest BCUT2D eigenvalue weighted by molar-refractivity contribution is 0.284. The zero-order chi connectivity index (χ0) is 17.8. The fourth-order valence-electron chi connectivity index (χ4n) is 1.75. The number of hydrogen-bond donors (Lipinski definition) is 0. The highest BCUT2D eigenvalue weighted by Gasteiger charge is 2.36. The SMILES string of the molecule is [C-]#[N+]c1cc(F)c(N(C)CCCO[Si](C)(C)C(C)(C)C)nc1Cl. The molecule has 0 spiro atoms. The molecule has 0 atom stereocenters. The number of anilines is 1. The molecule has 0 fully saturated rings. The number of pyridine rings is 1. The molecule has 1 aromatic rings. The van der Waals surface area contributed by atoms with Gasteiger partial charge in [-0.2, -0.15) is 0 Å². The molecule has 4 nitrogen and oxygen atoms in total. The van der Waals surface area contributed by atoms with Crippen LogP contribution in [0.15, 0.2) is 6.07 Å². The van der Waals surface area contributed by atoms with Crippen molar-refractivity contribution in [3.8, 4) is 0 Å². The van der Waals surface area contributed by atoms with Crippen LogP contribution in [0.2, 0.25) is 23.3 Å². The van der Waals surface area contributed by atoms with E-state index in [1.54, 1.807) is 11.9 Å². The normalized spacial score (nSPS) is 12.1. The molecule has 0 unspecified atom stereocenters. The van der Waals surface area contributed by atoms with Gasteiger partial charge in [-0.25, -0.2) is 14.2 Å². The fraction of sp³-hybridized carbons (Fsp3) is 0.625. The van der Waals surface area contributed by atoms with Crippen molar-refractivity contribution in [3.05, 3.63) is 28.5 Å². The largest absolute Gasteiger partial charge is 0.417 e. The monoisotopic (exact) mass is 357 g/mol. The van der Waals surface area contributed by atoms with Crippen LogP contribution in [0.1, 0.15) is 27.2 Å². The third-order valence-corrected chi connectivity index (χ3v) is 9.10. The summed E-state index contributed by atoms with van der Waals surface area (Å²) in [5.74, 6) is -0.372. The summed E-state index contributed by atoms with van der Waals surface area (Å²) in [6.45, 7) is 19.2. The maximum atomic E-state index is 14.0. The molecule has 0 aliphatic rings. The summed E-state index contributed by atoms with van der Waals surface area (Å²) in [6, 6.07) is 1.13. The first-order valence-electron chi connectivity index (χ1n) is 7.58.